The van der Waals surface area contributed by atoms with E-state index in [1.54, 1.807) is 55.5 Å². The summed E-state index contributed by atoms with van der Waals surface area (Å²) in [5.41, 5.74) is 1.26. The van der Waals surface area contributed by atoms with Gasteiger partial charge in [0.15, 0.2) is 6.10 Å². The Morgan fingerprint density at radius 1 is 1.07 bits per heavy atom. The lowest BCUT2D eigenvalue weighted by molar-refractivity contribution is -0.124. The van der Waals surface area contributed by atoms with Crippen molar-refractivity contribution in [2.45, 2.75) is 32.0 Å². The second kappa shape index (κ2) is 8.88. The molecular formula is C20H21ClN2O4. The van der Waals surface area contributed by atoms with Crippen LogP contribution in [-0.2, 0) is 14.3 Å². The molecule has 0 radical (unpaired) electrons. The van der Waals surface area contributed by atoms with Crippen LogP contribution in [0.1, 0.15) is 19.8 Å². The lowest BCUT2D eigenvalue weighted by Gasteiger charge is -2.15. The summed E-state index contributed by atoms with van der Waals surface area (Å²) in [5, 5.41) is 6.20. The van der Waals surface area contributed by atoms with Crippen LogP contribution in [0.2, 0.25) is 5.02 Å². The topological polar surface area (TPSA) is 76.7 Å². The summed E-state index contributed by atoms with van der Waals surface area (Å²) in [7, 11) is 0. The summed E-state index contributed by atoms with van der Waals surface area (Å²) in [6.07, 6.45) is 0.588. The van der Waals surface area contributed by atoms with Crippen LogP contribution in [0.5, 0.6) is 5.75 Å². The van der Waals surface area contributed by atoms with E-state index >= 15 is 0 Å². The van der Waals surface area contributed by atoms with E-state index < -0.39 is 6.10 Å². The molecule has 2 unspecified atom stereocenters. The Labute approximate surface area is 162 Å². The van der Waals surface area contributed by atoms with Crippen molar-refractivity contribution < 1.29 is 19.1 Å². The van der Waals surface area contributed by atoms with Gasteiger partial charge in [0.05, 0.1) is 0 Å². The van der Waals surface area contributed by atoms with E-state index in [0.29, 0.717) is 28.8 Å². The summed E-state index contributed by atoms with van der Waals surface area (Å²) in [5.74, 6) is 0.143. The SMILES string of the molecule is CC(Oc1ccc(Cl)cc1)C(=O)Nc1ccc(NC(=O)C2CCCO2)cc1. The quantitative estimate of drug-likeness (QED) is 0.787. The van der Waals surface area contributed by atoms with Crippen LogP contribution in [0, 0.1) is 0 Å². The summed E-state index contributed by atoms with van der Waals surface area (Å²) in [6, 6.07) is 13.7. The molecule has 0 aromatic heterocycles. The Balaban J connectivity index is 1.51. The fraction of sp³-hybridized carbons (Fsp3) is 0.300. The molecule has 27 heavy (non-hydrogen) atoms. The first-order valence-electron chi connectivity index (χ1n) is 8.77. The van der Waals surface area contributed by atoms with Crippen LogP contribution in [0.25, 0.3) is 0 Å². The van der Waals surface area contributed by atoms with Crippen molar-refractivity contribution in [3.8, 4) is 5.75 Å². The maximum Gasteiger partial charge on any atom is 0.265 e. The predicted molar refractivity (Wildman–Crippen MR) is 104 cm³/mol. The van der Waals surface area contributed by atoms with Gasteiger partial charge in [0, 0.05) is 23.0 Å². The van der Waals surface area contributed by atoms with E-state index in [0.717, 1.165) is 12.8 Å². The molecule has 0 spiro atoms. The average Bonchev–Trinajstić information content (AvgIpc) is 3.20. The first-order valence-corrected chi connectivity index (χ1v) is 9.15. The zero-order valence-electron chi connectivity index (χ0n) is 14.9. The van der Waals surface area contributed by atoms with Gasteiger partial charge in [0.1, 0.15) is 11.9 Å². The Morgan fingerprint density at radius 2 is 1.70 bits per heavy atom. The average molecular weight is 389 g/mol. The van der Waals surface area contributed by atoms with Crippen molar-refractivity contribution in [3.05, 3.63) is 53.6 Å². The first-order chi connectivity index (χ1) is 13.0. The van der Waals surface area contributed by atoms with Gasteiger partial charge in [-0.15, -0.1) is 0 Å². The van der Waals surface area contributed by atoms with Crippen LogP contribution in [-0.4, -0.2) is 30.6 Å². The number of benzene rings is 2. The van der Waals surface area contributed by atoms with Crippen molar-refractivity contribution >= 4 is 34.8 Å². The third-order valence-electron chi connectivity index (χ3n) is 4.14. The first kappa shape index (κ1) is 19.2. The molecule has 6 nitrogen and oxygen atoms in total. The maximum absolute atomic E-state index is 12.3. The molecule has 0 bridgehead atoms. The summed E-state index contributed by atoms with van der Waals surface area (Å²) in [6.45, 7) is 2.29. The lowest BCUT2D eigenvalue weighted by Crippen LogP contribution is -2.30. The molecule has 2 N–H and O–H groups in total. The van der Waals surface area contributed by atoms with Crippen molar-refractivity contribution in [2.75, 3.05) is 17.2 Å². The fourth-order valence-electron chi connectivity index (χ4n) is 2.66. The largest absolute Gasteiger partial charge is 0.481 e. The molecule has 2 aromatic rings. The van der Waals surface area contributed by atoms with E-state index in [1.165, 1.54) is 0 Å². The Bertz CT molecular complexity index is 787. The zero-order chi connectivity index (χ0) is 19.2. The van der Waals surface area contributed by atoms with Gasteiger partial charge in [0.25, 0.3) is 11.8 Å². The van der Waals surface area contributed by atoms with Crippen molar-refractivity contribution in [2.24, 2.45) is 0 Å². The molecule has 2 aromatic carbocycles. The normalized spacial score (nSPS) is 17.2. The highest BCUT2D eigenvalue weighted by Crippen LogP contribution is 2.19. The molecular weight excluding hydrogens is 368 g/mol. The van der Waals surface area contributed by atoms with Gasteiger partial charge in [-0.3, -0.25) is 9.59 Å². The number of ether oxygens (including phenoxy) is 2. The molecule has 1 heterocycles. The number of anilines is 2. The Kier molecular flexibility index (Phi) is 6.32. The second-order valence-corrected chi connectivity index (χ2v) is 6.71. The van der Waals surface area contributed by atoms with E-state index in [-0.39, 0.29) is 17.9 Å². The molecule has 1 aliphatic heterocycles. The third-order valence-corrected chi connectivity index (χ3v) is 4.39. The molecule has 2 amide bonds. The number of carbonyl (C=O) groups is 2. The zero-order valence-corrected chi connectivity index (χ0v) is 15.7. The van der Waals surface area contributed by atoms with Gasteiger partial charge in [-0.1, -0.05) is 11.6 Å². The van der Waals surface area contributed by atoms with Gasteiger partial charge in [0.2, 0.25) is 0 Å². The van der Waals surface area contributed by atoms with Gasteiger partial charge >= 0.3 is 0 Å². The van der Waals surface area contributed by atoms with Crippen LogP contribution in [0.4, 0.5) is 11.4 Å². The van der Waals surface area contributed by atoms with Crippen LogP contribution < -0.4 is 15.4 Å². The molecule has 1 fully saturated rings. The number of halogens is 1. The van der Waals surface area contributed by atoms with E-state index in [4.69, 9.17) is 21.1 Å². The summed E-state index contributed by atoms with van der Waals surface area (Å²) in [4.78, 5) is 24.3. The predicted octanol–water partition coefficient (Wildman–Crippen LogP) is 3.86. The molecule has 0 aliphatic carbocycles. The highest BCUT2D eigenvalue weighted by molar-refractivity contribution is 6.30. The number of nitrogens with one attached hydrogen (secondary N) is 2. The van der Waals surface area contributed by atoms with Gasteiger partial charge in [-0.25, -0.2) is 0 Å². The highest BCUT2D eigenvalue weighted by atomic mass is 35.5. The maximum atomic E-state index is 12.3. The molecule has 2 atom stereocenters. The number of carbonyl (C=O) groups excluding carboxylic acids is 2. The molecule has 0 saturated carbocycles. The molecule has 1 aliphatic rings. The number of hydrogen-bond acceptors (Lipinski definition) is 4. The van der Waals surface area contributed by atoms with Gasteiger partial charge < -0.3 is 20.1 Å². The summed E-state index contributed by atoms with van der Waals surface area (Å²) < 4.78 is 10.9. The minimum atomic E-state index is -0.676. The van der Waals surface area contributed by atoms with Crippen LogP contribution >= 0.6 is 11.6 Å². The smallest absolute Gasteiger partial charge is 0.265 e. The van der Waals surface area contributed by atoms with Crippen molar-refractivity contribution in [1.82, 2.24) is 0 Å². The number of rotatable bonds is 6. The van der Waals surface area contributed by atoms with E-state index in [9.17, 15) is 9.59 Å². The van der Waals surface area contributed by atoms with Crippen molar-refractivity contribution in [1.29, 1.82) is 0 Å². The Hall–Kier alpha value is -2.57. The standard InChI is InChI=1S/C20H21ClN2O4/c1-13(27-17-10-4-14(21)5-11-17)19(24)22-15-6-8-16(9-7-15)23-20(25)18-3-2-12-26-18/h4-11,13,18H,2-3,12H2,1H3,(H,22,24)(H,23,25). The fourth-order valence-corrected chi connectivity index (χ4v) is 2.78. The Morgan fingerprint density at radius 3 is 2.30 bits per heavy atom. The second-order valence-electron chi connectivity index (χ2n) is 6.27. The van der Waals surface area contributed by atoms with Gasteiger partial charge in [-0.05, 0) is 68.3 Å². The number of hydrogen-bond donors (Lipinski definition) is 2. The molecule has 142 valence electrons. The van der Waals surface area contributed by atoms with Gasteiger partial charge in [-0.2, -0.15) is 0 Å². The van der Waals surface area contributed by atoms with Crippen LogP contribution in [0.3, 0.4) is 0 Å². The molecule has 7 heteroatoms. The number of amides is 2. The molecule has 3 rings (SSSR count). The monoisotopic (exact) mass is 388 g/mol. The minimum absolute atomic E-state index is 0.144. The molecule has 1 saturated heterocycles. The van der Waals surface area contributed by atoms with Crippen LogP contribution in [0.15, 0.2) is 48.5 Å². The highest BCUT2D eigenvalue weighted by Gasteiger charge is 2.23. The lowest BCUT2D eigenvalue weighted by atomic mass is 10.2. The van der Waals surface area contributed by atoms with Crippen molar-refractivity contribution in [3.63, 3.8) is 0 Å². The third kappa shape index (κ3) is 5.45. The minimum Gasteiger partial charge on any atom is -0.481 e. The van der Waals surface area contributed by atoms with E-state index in [1.807, 2.05) is 0 Å². The van der Waals surface area contributed by atoms with E-state index in [2.05, 4.69) is 10.6 Å². The summed E-state index contributed by atoms with van der Waals surface area (Å²) >= 11 is 5.83.